The highest BCUT2D eigenvalue weighted by atomic mass is 32.2. The number of nitrogens with one attached hydrogen (secondary N) is 1. The Morgan fingerprint density at radius 3 is 2.96 bits per heavy atom. The lowest BCUT2D eigenvalue weighted by Gasteiger charge is -2.26. The van der Waals surface area contributed by atoms with Gasteiger partial charge in [-0.2, -0.15) is 5.10 Å². The maximum absolute atomic E-state index is 11.1. The first-order valence-corrected chi connectivity index (χ1v) is 10.8. The summed E-state index contributed by atoms with van der Waals surface area (Å²) in [7, 11) is 0. The summed E-state index contributed by atoms with van der Waals surface area (Å²) in [5, 5.41) is 9.19. The first kappa shape index (κ1) is 18.6. The van der Waals surface area contributed by atoms with Crippen LogP contribution in [0.5, 0.6) is 0 Å². The minimum Gasteiger partial charge on any atom is -0.454 e. The highest BCUT2D eigenvalue weighted by molar-refractivity contribution is 7.99. The highest BCUT2D eigenvalue weighted by Gasteiger charge is 2.21. The monoisotopic (exact) mass is 388 g/mol. The van der Waals surface area contributed by atoms with Crippen LogP contribution in [0.4, 0.5) is 0 Å². The van der Waals surface area contributed by atoms with Gasteiger partial charge in [-0.25, -0.2) is 0 Å². The van der Waals surface area contributed by atoms with Gasteiger partial charge in [0.2, 0.25) is 5.91 Å². The van der Waals surface area contributed by atoms with Crippen LogP contribution < -0.4 is 5.32 Å². The van der Waals surface area contributed by atoms with Crippen LogP contribution in [0.2, 0.25) is 0 Å². The molecule has 27 heavy (non-hydrogen) atoms. The maximum atomic E-state index is 11.1. The Kier molecular flexibility index (Phi) is 5.88. The molecule has 0 aromatic carbocycles. The van der Waals surface area contributed by atoms with Crippen molar-refractivity contribution in [3.63, 3.8) is 0 Å². The molecule has 1 aliphatic carbocycles. The normalized spacial score (nSPS) is 18.4. The molecule has 1 amide bonds. The van der Waals surface area contributed by atoms with E-state index in [4.69, 9.17) is 4.42 Å². The van der Waals surface area contributed by atoms with Crippen molar-refractivity contribution in [2.75, 3.05) is 6.54 Å². The largest absolute Gasteiger partial charge is 0.454 e. The second-order valence-electron chi connectivity index (χ2n) is 7.57. The van der Waals surface area contributed by atoms with E-state index in [0.717, 1.165) is 48.0 Å². The zero-order valence-corrected chi connectivity index (χ0v) is 16.8. The van der Waals surface area contributed by atoms with Crippen LogP contribution in [0.15, 0.2) is 27.7 Å². The van der Waals surface area contributed by atoms with E-state index < -0.39 is 0 Å². The molecular formula is C20H28N4O2S. The number of aromatic nitrogens is 2. The number of rotatable bonds is 6. The summed E-state index contributed by atoms with van der Waals surface area (Å²) < 4.78 is 8.15. The van der Waals surface area contributed by atoms with Crippen LogP contribution >= 0.6 is 11.8 Å². The summed E-state index contributed by atoms with van der Waals surface area (Å²) in [6.45, 7) is 5.55. The number of hydrogen-bond acceptors (Lipinski definition) is 5. The summed E-state index contributed by atoms with van der Waals surface area (Å²) in [5.41, 5.74) is 2.12. The van der Waals surface area contributed by atoms with Gasteiger partial charge >= 0.3 is 0 Å². The van der Waals surface area contributed by atoms with E-state index in [1.807, 2.05) is 11.8 Å². The fourth-order valence-electron chi connectivity index (χ4n) is 3.89. The zero-order valence-electron chi connectivity index (χ0n) is 15.9. The predicted octanol–water partition coefficient (Wildman–Crippen LogP) is 3.55. The number of carbonyl (C=O) groups is 1. The number of amides is 1. The van der Waals surface area contributed by atoms with Gasteiger partial charge in [0, 0.05) is 25.3 Å². The fourth-order valence-corrected chi connectivity index (χ4v) is 5.09. The third-order valence-electron chi connectivity index (χ3n) is 5.30. The van der Waals surface area contributed by atoms with E-state index in [9.17, 15) is 4.79 Å². The second-order valence-corrected chi connectivity index (χ2v) is 8.87. The topological polar surface area (TPSA) is 63.3 Å². The molecule has 0 spiro atoms. The third-order valence-corrected chi connectivity index (χ3v) is 6.55. The first-order valence-electron chi connectivity index (χ1n) is 9.93. The molecular weight excluding hydrogens is 360 g/mol. The van der Waals surface area contributed by atoms with Gasteiger partial charge in [0.1, 0.15) is 5.76 Å². The van der Waals surface area contributed by atoms with Crippen molar-refractivity contribution in [2.45, 2.75) is 75.5 Å². The number of furan rings is 1. The summed E-state index contributed by atoms with van der Waals surface area (Å²) in [6.07, 6.45) is 6.74. The molecule has 2 aliphatic rings. The van der Waals surface area contributed by atoms with Crippen LogP contribution in [0.1, 0.15) is 56.2 Å². The minimum absolute atomic E-state index is 0.0256. The zero-order chi connectivity index (χ0) is 18.6. The average molecular weight is 389 g/mol. The summed E-state index contributed by atoms with van der Waals surface area (Å²) in [6, 6.07) is 6.35. The van der Waals surface area contributed by atoms with Crippen LogP contribution in [-0.2, 0) is 31.0 Å². The molecule has 1 fully saturated rings. The predicted molar refractivity (Wildman–Crippen MR) is 105 cm³/mol. The number of carbonyl (C=O) groups excluding carboxylic acids is 1. The molecule has 0 radical (unpaired) electrons. The lowest BCUT2D eigenvalue weighted by atomic mass is 10.0. The van der Waals surface area contributed by atoms with Gasteiger partial charge in [-0.1, -0.05) is 31.0 Å². The Hall–Kier alpha value is -1.73. The van der Waals surface area contributed by atoms with Gasteiger partial charge in [-0.05, 0) is 31.0 Å². The van der Waals surface area contributed by atoms with Crippen molar-refractivity contribution in [3.05, 3.63) is 35.3 Å². The van der Waals surface area contributed by atoms with E-state index in [1.54, 1.807) is 0 Å². The SMILES string of the molecule is CC(=O)NCc1cc2n(n1)CCN(Cc1ccc(SC3CCCCC3)o1)C2. The van der Waals surface area contributed by atoms with Gasteiger partial charge in [0.15, 0.2) is 5.09 Å². The summed E-state index contributed by atoms with van der Waals surface area (Å²) in [4.78, 5) is 13.5. The molecule has 1 N–H and O–H groups in total. The fraction of sp³-hybridized carbons (Fsp3) is 0.600. The Labute approximate surface area is 164 Å². The van der Waals surface area contributed by atoms with Gasteiger partial charge in [-0.3, -0.25) is 14.4 Å². The third kappa shape index (κ3) is 4.96. The molecule has 146 valence electrons. The second kappa shape index (κ2) is 8.52. The van der Waals surface area contributed by atoms with Gasteiger partial charge in [0.05, 0.1) is 31.0 Å². The van der Waals surface area contributed by atoms with E-state index in [1.165, 1.54) is 44.7 Å². The molecule has 0 unspecified atom stereocenters. The molecule has 2 aromatic rings. The maximum Gasteiger partial charge on any atom is 0.217 e. The lowest BCUT2D eigenvalue weighted by Crippen LogP contribution is -2.33. The molecule has 7 heteroatoms. The Morgan fingerprint density at radius 1 is 1.30 bits per heavy atom. The number of hydrogen-bond donors (Lipinski definition) is 1. The standard InChI is InChI=1S/C20H28N4O2S/c1-15(25)21-12-16-11-17-13-23(9-10-24(17)22-16)14-18-7-8-20(26-18)27-19-5-3-2-4-6-19/h7-8,11,19H,2-6,9-10,12-14H2,1H3,(H,21,25). The van der Waals surface area contributed by atoms with Crippen molar-refractivity contribution < 1.29 is 9.21 Å². The molecule has 3 heterocycles. The van der Waals surface area contributed by atoms with Crippen LogP contribution in [0.3, 0.4) is 0 Å². The van der Waals surface area contributed by atoms with Crippen LogP contribution in [0.25, 0.3) is 0 Å². The number of fused-ring (bicyclic) bond motifs is 1. The molecule has 0 saturated heterocycles. The molecule has 2 aromatic heterocycles. The molecule has 1 aliphatic heterocycles. The van der Waals surface area contributed by atoms with E-state index >= 15 is 0 Å². The Balaban J connectivity index is 1.31. The number of thioether (sulfide) groups is 1. The highest BCUT2D eigenvalue weighted by Crippen LogP contribution is 2.34. The Bertz CT molecular complexity index is 779. The molecule has 0 bridgehead atoms. The van der Waals surface area contributed by atoms with E-state index in [-0.39, 0.29) is 5.91 Å². The van der Waals surface area contributed by atoms with Crippen molar-refractivity contribution in [3.8, 4) is 0 Å². The van der Waals surface area contributed by atoms with Gasteiger partial charge in [0.25, 0.3) is 0 Å². The lowest BCUT2D eigenvalue weighted by molar-refractivity contribution is -0.119. The van der Waals surface area contributed by atoms with Gasteiger partial charge < -0.3 is 9.73 Å². The molecule has 0 atom stereocenters. The molecule has 4 rings (SSSR count). The van der Waals surface area contributed by atoms with Crippen LogP contribution in [0, 0.1) is 0 Å². The van der Waals surface area contributed by atoms with E-state index in [0.29, 0.717) is 6.54 Å². The molecule has 6 nitrogen and oxygen atoms in total. The van der Waals surface area contributed by atoms with Crippen molar-refractivity contribution in [1.82, 2.24) is 20.0 Å². The Morgan fingerprint density at radius 2 is 2.15 bits per heavy atom. The smallest absolute Gasteiger partial charge is 0.217 e. The number of nitrogens with zero attached hydrogens (tertiary/aromatic N) is 3. The average Bonchev–Trinajstić information content (AvgIpc) is 3.27. The quantitative estimate of drug-likeness (QED) is 0.820. The van der Waals surface area contributed by atoms with Crippen LogP contribution in [-0.4, -0.2) is 32.4 Å². The van der Waals surface area contributed by atoms with Crippen molar-refractivity contribution in [2.24, 2.45) is 0 Å². The molecule has 1 saturated carbocycles. The minimum atomic E-state index is -0.0256. The van der Waals surface area contributed by atoms with E-state index in [2.05, 4.69) is 38.2 Å². The summed E-state index contributed by atoms with van der Waals surface area (Å²) in [5.74, 6) is 1.02. The first-order chi connectivity index (χ1) is 13.2. The van der Waals surface area contributed by atoms with Crippen molar-refractivity contribution >= 4 is 17.7 Å². The van der Waals surface area contributed by atoms with Gasteiger partial charge in [-0.15, -0.1) is 0 Å². The summed E-state index contributed by atoms with van der Waals surface area (Å²) >= 11 is 1.91. The van der Waals surface area contributed by atoms with Crippen molar-refractivity contribution in [1.29, 1.82) is 0 Å².